The summed E-state index contributed by atoms with van der Waals surface area (Å²) in [7, 11) is 0. The van der Waals surface area contributed by atoms with E-state index in [0.29, 0.717) is 23.8 Å². The Morgan fingerprint density at radius 3 is 2.64 bits per heavy atom. The van der Waals surface area contributed by atoms with E-state index in [1.54, 1.807) is 4.90 Å². The van der Waals surface area contributed by atoms with Crippen molar-refractivity contribution in [3.8, 4) is 11.4 Å². The van der Waals surface area contributed by atoms with Crippen molar-refractivity contribution in [2.45, 2.75) is 18.9 Å². The molecule has 2 heterocycles. The van der Waals surface area contributed by atoms with E-state index in [0.717, 1.165) is 18.4 Å². The fraction of sp³-hybridized carbons (Fsp3) is 0.211. The minimum absolute atomic E-state index is 0.151. The Morgan fingerprint density at radius 2 is 1.88 bits per heavy atom. The third-order valence-corrected chi connectivity index (χ3v) is 4.36. The largest absolute Gasteiger partial charge is 0.337 e. The summed E-state index contributed by atoms with van der Waals surface area (Å²) in [5.41, 5.74) is 1.32. The van der Waals surface area contributed by atoms with Crippen LogP contribution in [-0.4, -0.2) is 27.5 Å². The van der Waals surface area contributed by atoms with E-state index in [9.17, 15) is 9.18 Å². The zero-order valence-electron chi connectivity index (χ0n) is 13.4. The van der Waals surface area contributed by atoms with E-state index in [1.165, 1.54) is 24.3 Å². The molecular weight excluding hydrogens is 321 g/mol. The van der Waals surface area contributed by atoms with Crippen LogP contribution in [0.2, 0.25) is 0 Å². The van der Waals surface area contributed by atoms with Crippen LogP contribution in [0.3, 0.4) is 0 Å². The first-order valence-corrected chi connectivity index (χ1v) is 8.18. The first kappa shape index (κ1) is 15.5. The van der Waals surface area contributed by atoms with Crippen LogP contribution in [0, 0.1) is 5.82 Å². The van der Waals surface area contributed by atoms with Crippen LogP contribution in [0.25, 0.3) is 11.4 Å². The maximum absolute atomic E-state index is 13.1. The number of carbonyl (C=O) groups excluding carboxylic acids is 1. The second kappa shape index (κ2) is 6.47. The Hall–Kier alpha value is -3.02. The topological polar surface area (TPSA) is 59.2 Å². The number of benzene rings is 2. The Labute approximate surface area is 144 Å². The molecule has 2 aromatic carbocycles. The normalized spacial score (nSPS) is 17.0. The Kier molecular flexibility index (Phi) is 4.01. The third-order valence-electron chi connectivity index (χ3n) is 4.36. The van der Waals surface area contributed by atoms with Crippen molar-refractivity contribution >= 4 is 5.91 Å². The molecule has 25 heavy (non-hydrogen) atoms. The summed E-state index contributed by atoms with van der Waals surface area (Å²) in [4.78, 5) is 18.9. The van der Waals surface area contributed by atoms with Gasteiger partial charge in [0.05, 0.1) is 0 Å². The number of nitrogens with zero attached hydrogens (tertiary/aromatic N) is 3. The van der Waals surface area contributed by atoms with Crippen LogP contribution in [0.15, 0.2) is 59.1 Å². The monoisotopic (exact) mass is 337 g/mol. The zero-order chi connectivity index (χ0) is 17.2. The van der Waals surface area contributed by atoms with E-state index in [-0.39, 0.29) is 17.8 Å². The third kappa shape index (κ3) is 3.03. The van der Waals surface area contributed by atoms with Crippen molar-refractivity contribution in [3.63, 3.8) is 0 Å². The van der Waals surface area contributed by atoms with Gasteiger partial charge in [-0.05, 0) is 37.1 Å². The SMILES string of the molecule is O=C(c1ccc(F)cc1)N1CCC[C@H]1c1nc(-c2ccccc2)no1. The summed E-state index contributed by atoms with van der Waals surface area (Å²) in [5.74, 6) is 0.435. The minimum atomic E-state index is -0.362. The van der Waals surface area contributed by atoms with E-state index in [2.05, 4.69) is 10.1 Å². The van der Waals surface area contributed by atoms with Crippen LogP contribution in [0.4, 0.5) is 4.39 Å². The van der Waals surface area contributed by atoms with Crippen molar-refractivity contribution in [1.82, 2.24) is 15.0 Å². The molecule has 1 aliphatic rings. The van der Waals surface area contributed by atoms with Gasteiger partial charge in [0.1, 0.15) is 11.9 Å². The van der Waals surface area contributed by atoms with Gasteiger partial charge in [0.15, 0.2) is 0 Å². The molecule has 0 saturated carbocycles. The number of halogens is 1. The van der Waals surface area contributed by atoms with Gasteiger partial charge in [0.2, 0.25) is 11.7 Å². The smallest absolute Gasteiger partial charge is 0.254 e. The maximum atomic E-state index is 13.1. The Morgan fingerprint density at radius 1 is 1.12 bits per heavy atom. The highest BCUT2D eigenvalue weighted by atomic mass is 19.1. The number of hydrogen-bond acceptors (Lipinski definition) is 4. The second-order valence-corrected chi connectivity index (χ2v) is 5.99. The van der Waals surface area contributed by atoms with Gasteiger partial charge in [-0.25, -0.2) is 4.39 Å². The van der Waals surface area contributed by atoms with Crippen LogP contribution in [0.5, 0.6) is 0 Å². The molecule has 0 radical (unpaired) electrons. The molecule has 4 rings (SSSR count). The number of hydrogen-bond donors (Lipinski definition) is 0. The molecule has 3 aromatic rings. The number of aromatic nitrogens is 2. The van der Waals surface area contributed by atoms with Crippen molar-refractivity contribution in [3.05, 3.63) is 71.9 Å². The Balaban J connectivity index is 1.58. The molecule has 0 aliphatic carbocycles. The first-order chi connectivity index (χ1) is 12.2. The summed E-state index contributed by atoms with van der Waals surface area (Å²) < 4.78 is 18.5. The Bertz CT molecular complexity index is 877. The van der Waals surface area contributed by atoms with Gasteiger partial charge >= 0.3 is 0 Å². The lowest BCUT2D eigenvalue weighted by atomic mass is 10.1. The van der Waals surface area contributed by atoms with Crippen molar-refractivity contribution < 1.29 is 13.7 Å². The average Bonchev–Trinajstić information content (AvgIpc) is 3.32. The lowest BCUT2D eigenvalue weighted by Gasteiger charge is -2.21. The lowest BCUT2D eigenvalue weighted by Crippen LogP contribution is -2.30. The highest BCUT2D eigenvalue weighted by Gasteiger charge is 2.34. The molecule has 0 bridgehead atoms. The maximum Gasteiger partial charge on any atom is 0.254 e. The van der Waals surface area contributed by atoms with Crippen LogP contribution < -0.4 is 0 Å². The van der Waals surface area contributed by atoms with E-state index in [1.807, 2.05) is 30.3 Å². The molecule has 1 aliphatic heterocycles. The standard InChI is InChI=1S/C19H16FN3O2/c20-15-10-8-14(9-11-15)19(24)23-12-4-7-16(23)18-21-17(22-25-18)13-5-2-1-3-6-13/h1-3,5-6,8-11,16H,4,7,12H2/t16-/m0/s1. The van der Waals surface area contributed by atoms with E-state index in [4.69, 9.17) is 4.52 Å². The van der Waals surface area contributed by atoms with Gasteiger partial charge in [-0.3, -0.25) is 4.79 Å². The van der Waals surface area contributed by atoms with Crippen molar-refractivity contribution in [2.24, 2.45) is 0 Å². The number of carbonyl (C=O) groups is 1. The fourth-order valence-corrected chi connectivity index (χ4v) is 3.10. The predicted octanol–water partition coefficient (Wildman–Crippen LogP) is 3.85. The molecule has 1 amide bonds. The summed E-state index contributed by atoms with van der Waals surface area (Å²) >= 11 is 0. The molecular formula is C19H16FN3O2. The fourth-order valence-electron chi connectivity index (χ4n) is 3.10. The first-order valence-electron chi connectivity index (χ1n) is 8.18. The quantitative estimate of drug-likeness (QED) is 0.728. The van der Waals surface area contributed by atoms with E-state index >= 15 is 0 Å². The summed E-state index contributed by atoms with van der Waals surface area (Å²) in [6.45, 7) is 0.615. The zero-order valence-corrected chi connectivity index (χ0v) is 13.4. The van der Waals surface area contributed by atoms with Gasteiger partial charge in [-0.1, -0.05) is 35.5 Å². The molecule has 1 saturated heterocycles. The highest BCUT2D eigenvalue weighted by Crippen LogP contribution is 2.33. The summed E-state index contributed by atoms with van der Waals surface area (Å²) in [6, 6.07) is 14.9. The lowest BCUT2D eigenvalue weighted by molar-refractivity contribution is 0.0710. The predicted molar refractivity (Wildman–Crippen MR) is 89.1 cm³/mol. The van der Waals surface area contributed by atoms with Crippen LogP contribution in [-0.2, 0) is 0 Å². The molecule has 1 atom stereocenters. The molecule has 1 aromatic heterocycles. The summed E-state index contributed by atoms with van der Waals surface area (Å²) in [6.07, 6.45) is 1.63. The highest BCUT2D eigenvalue weighted by molar-refractivity contribution is 5.94. The van der Waals surface area contributed by atoms with Gasteiger partial charge < -0.3 is 9.42 Å². The molecule has 6 heteroatoms. The van der Waals surface area contributed by atoms with Crippen molar-refractivity contribution in [1.29, 1.82) is 0 Å². The molecule has 0 spiro atoms. The minimum Gasteiger partial charge on any atom is -0.337 e. The van der Waals surface area contributed by atoms with Crippen LogP contribution >= 0.6 is 0 Å². The van der Waals surface area contributed by atoms with Crippen molar-refractivity contribution in [2.75, 3.05) is 6.54 Å². The van der Waals surface area contributed by atoms with E-state index < -0.39 is 0 Å². The average molecular weight is 337 g/mol. The summed E-state index contributed by atoms with van der Waals surface area (Å²) in [5, 5.41) is 4.04. The molecule has 126 valence electrons. The van der Waals surface area contributed by atoms with Gasteiger partial charge in [-0.15, -0.1) is 0 Å². The van der Waals surface area contributed by atoms with Gasteiger partial charge in [0, 0.05) is 17.7 Å². The molecule has 0 N–H and O–H groups in total. The van der Waals surface area contributed by atoms with Crippen LogP contribution in [0.1, 0.15) is 35.1 Å². The second-order valence-electron chi connectivity index (χ2n) is 5.99. The molecule has 0 unspecified atom stereocenters. The van der Waals surface area contributed by atoms with Gasteiger partial charge in [0.25, 0.3) is 5.91 Å². The van der Waals surface area contributed by atoms with Gasteiger partial charge in [-0.2, -0.15) is 4.98 Å². The number of rotatable bonds is 3. The molecule has 5 nitrogen and oxygen atoms in total. The molecule has 1 fully saturated rings. The number of likely N-dealkylation sites (tertiary alicyclic amines) is 1. The number of amides is 1.